The van der Waals surface area contributed by atoms with Crippen LogP contribution in [0.25, 0.3) is 0 Å². The second-order valence-corrected chi connectivity index (χ2v) is 3.21. The Labute approximate surface area is 81.3 Å². The van der Waals surface area contributed by atoms with Crippen LogP contribution in [-0.2, 0) is 4.79 Å². The summed E-state index contributed by atoms with van der Waals surface area (Å²) in [6.45, 7) is 1.98. The Kier molecular flexibility index (Phi) is 2.22. The Morgan fingerprint density at radius 1 is 1.43 bits per heavy atom. The summed E-state index contributed by atoms with van der Waals surface area (Å²) < 4.78 is 0. The van der Waals surface area contributed by atoms with Crippen molar-refractivity contribution in [1.82, 2.24) is 15.4 Å². The topological polar surface area (TPSA) is 67.2 Å². The lowest BCUT2D eigenvalue weighted by atomic mass is 9.97. The van der Waals surface area contributed by atoms with E-state index in [0.717, 1.165) is 11.3 Å². The molecule has 2 heterocycles. The van der Waals surface area contributed by atoms with E-state index in [0.29, 0.717) is 6.42 Å². The molecular weight excluding hydrogens is 180 g/mol. The monoisotopic (exact) mass is 190 g/mol. The number of carbonyl (C=O) groups excluding carboxylic acids is 1. The molecule has 0 saturated carbocycles. The van der Waals surface area contributed by atoms with E-state index in [1.165, 1.54) is 6.33 Å². The fourth-order valence-corrected chi connectivity index (χ4v) is 1.35. The van der Waals surface area contributed by atoms with Gasteiger partial charge >= 0.3 is 0 Å². The Bertz CT molecular complexity index is 374. The average molecular weight is 190 g/mol. The molecular formula is C9H10N4O. The molecule has 2 rings (SSSR count). The zero-order valence-electron chi connectivity index (χ0n) is 7.77. The number of amides is 1. The molecule has 1 N–H and O–H groups in total. The number of nitrogens with one attached hydrogen (secondary N) is 1. The highest BCUT2D eigenvalue weighted by molar-refractivity contribution is 6.07. The molecule has 1 aliphatic heterocycles. The van der Waals surface area contributed by atoms with Crippen molar-refractivity contribution in [2.75, 3.05) is 0 Å². The van der Waals surface area contributed by atoms with Crippen molar-refractivity contribution in [2.45, 2.75) is 19.3 Å². The van der Waals surface area contributed by atoms with Crippen LogP contribution in [0, 0.1) is 0 Å². The van der Waals surface area contributed by atoms with Gasteiger partial charge in [-0.15, -0.1) is 0 Å². The first kappa shape index (κ1) is 8.80. The van der Waals surface area contributed by atoms with Crippen LogP contribution < -0.4 is 5.43 Å². The summed E-state index contributed by atoms with van der Waals surface area (Å²) in [7, 11) is 0. The van der Waals surface area contributed by atoms with Crippen LogP contribution in [0.4, 0.5) is 0 Å². The second-order valence-electron chi connectivity index (χ2n) is 3.21. The van der Waals surface area contributed by atoms with Gasteiger partial charge in [0.1, 0.15) is 6.33 Å². The van der Waals surface area contributed by atoms with E-state index in [4.69, 9.17) is 0 Å². The van der Waals surface area contributed by atoms with Crippen LogP contribution >= 0.6 is 0 Å². The number of hydrogen-bond donors (Lipinski definition) is 1. The summed E-state index contributed by atoms with van der Waals surface area (Å²) in [4.78, 5) is 18.8. The van der Waals surface area contributed by atoms with Gasteiger partial charge in [0, 0.05) is 18.3 Å². The van der Waals surface area contributed by atoms with Crippen molar-refractivity contribution in [3.8, 4) is 0 Å². The third-order valence-electron chi connectivity index (χ3n) is 2.25. The van der Waals surface area contributed by atoms with Gasteiger partial charge in [-0.05, 0) is 5.56 Å². The third kappa shape index (κ3) is 1.61. The Morgan fingerprint density at radius 3 is 2.71 bits per heavy atom. The summed E-state index contributed by atoms with van der Waals surface area (Å²) in [5.74, 6) is 0.0406. The fourth-order valence-electron chi connectivity index (χ4n) is 1.35. The van der Waals surface area contributed by atoms with Crippen molar-refractivity contribution in [2.24, 2.45) is 5.10 Å². The summed E-state index contributed by atoms with van der Waals surface area (Å²) in [5, 5.41) is 3.95. The molecule has 14 heavy (non-hydrogen) atoms. The molecule has 1 aliphatic rings. The first-order chi connectivity index (χ1) is 6.77. The van der Waals surface area contributed by atoms with E-state index >= 15 is 0 Å². The van der Waals surface area contributed by atoms with Gasteiger partial charge in [0.2, 0.25) is 5.91 Å². The van der Waals surface area contributed by atoms with Crippen molar-refractivity contribution >= 4 is 11.6 Å². The number of hydrazone groups is 1. The lowest BCUT2D eigenvalue weighted by Crippen LogP contribution is -2.11. The predicted octanol–water partition coefficient (Wildman–Crippen LogP) is 0.456. The van der Waals surface area contributed by atoms with Gasteiger partial charge in [-0.1, -0.05) is 6.92 Å². The van der Waals surface area contributed by atoms with Gasteiger partial charge in [0.05, 0.1) is 12.1 Å². The minimum absolute atomic E-state index is 0.0521. The molecule has 5 nitrogen and oxygen atoms in total. The number of carbonyl (C=O) groups is 1. The zero-order chi connectivity index (χ0) is 9.97. The number of rotatable bonds is 2. The molecule has 0 radical (unpaired) electrons. The van der Waals surface area contributed by atoms with Gasteiger partial charge < -0.3 is 0 Å². The minimum atomic E-state index is -0.0521. The Morgan fingerprint density at radius 2 is 2.14 bits per heavy atom. The minimum Gasteiger partial charge on any atom is -0.273 e. The predicted molar refractivity (Wildman–Crippen MR) is 50.6 cm³/mol. The van der Waals surface area contributed by atoms with Crippen molar-refractivity contribution < 1.29 is 4.79 Å². The van der Waals surface area contributed by atoms with Gasteiger partial charge in [-0.3, -0.25) is 4.79 Å². The molecule has 0 saturated heterocycles. The molecule has 5 heteroatoms. The summed E-state index contributed by atoms with van der Waals surface area (Å²) in [6.07, 6.45) is 5.33. The van der Waals surface area contributed by atoms with E-state index in [-0.39, 0.29) is 11.8 Å². The molecule has 0 aliphatic carbocycles. The van der Waals surface area contributed by atoms with Crippen molar-refractivity contribution in [3.05, 3.63) is 24.3 Å². The maximum Gasteiger partial charge on any atom is 0.245 e. The Hall–Kier alpha value is -1.78. The highest BCUT2D eigenvalue weighted by atomic mass is 16.2. The SMILES string of the molecule is CC(C1=NNC(=O)C1)c1cncnc1. The lowest BCUT2D eigenvalue weighted by Gasteiger charge is -2.08. The average Bonchev–Trinajstić information content (AvgIpc) is 2.65. The van der Waals surface area contributed by atoms with Crippen LogP contribution in [-0.4, -0.2) is 21.6 Å². The van der Waals surface area contributed by atoms with E-state index in [9.17, 15) is 4.79 Å². The third-order valence-corrected chi connectivity index (χ3v) is 2.25. The van der Waals surface area contributed by atoms with Crippen LogP contribution in [0.2, 0.25) is 0 Å². The van der Waals surface area contributed by atoms with Crippen LogP contribution in [0.1, 0.15) is 24.8 Å². The molecule has 0 fully saturated rings. The normalized spacial score (nSPS) is 17.5. The van der Waals surface area contributed by atoms with Crippen molar-refractivity contribution in [3.63, 3.8) is 0 Å². The molecule has 1 amide bonds. The zero-order valence-corrected chi connectivity index (χ0v) is 7.77. The largest absolute Gasteiger partial charge is 0.273 e. The standard InChI is InChI=1S/C9H10N4O/c1-6(7-3-10-5-11-4-7)8-2-9(14)13-12-8/h3-6H,2H2,1H3,(H,13,14). The van der Waals surface area contributed by atoms with E-state index in [1.807, 2.05) is 6.92 Å². The molecule has 1 aromatic rings. The fraction of sp³-hybridized carbons (Fsp3) is 0.333. The molecule has 72 valence electrons. The molecule has 0 bridgehead atoms. The van der Waals surface area contributed by atoms with E-state index < -0.39 is 0 Å². The van der Waals surface area contributed by atoms with E-state index in [2.05, 4.69) is 20.5 Å². The maximum atomic E-state index is 10.9. The number of nitrogens with zero attached hydrogens (tertiary/aromatic N) is 3. The van der Waals surface area contributed by atoms with Gasteiger partial charge in [-0.25, -0.2) is 15.4 Å². The number of hydrogen-bond acceptors (Lipinski definition) is 4. The van der Waals surface area contributed by atoms with Crippen LogP contribution in [0.15, 0.2) is 23.8 Å². The smallest absolute Gasteiger partial charge is 0.245 e. The number of aromatic nitrogens is 2. The molecule has 1 unspecified atom stereocenters. The molecule has 0 spiro atoms. The highest BCUT2D eigenvalue weighted by Gasteiger charge is 2.21. The van der Waals surface area contributed by atoms with E-state index in [1.54, 1.807) is 12.4 Å². The maximum absolute atomic E-state index is 10.9. The highest BCUT2D eigenvalue weighted by Crippen LogP contribution is 2.18. The van der Waals surface area contributed by atoms with Gasteiger partial charge in [0.15, 0.2) is 0 Å². The molecule has 1 atom stereocenters. The summed E-state index contributed by atoms with van der Waals surface area (Å²) in [5.41, 5.74) is 4.24. The Balaban J connectivity index is 2.17. The van der Waals surface area contributed by atoms with Crippen LogP contribution in [0.5, 0.6) is 0 Å². The van der Waals surface area contributed by atoms with Crippen molar-refractivity contribution in [1.29, 1.82) is 0 Å². The van der Waals surface area contributed by atoms with Gasteiger partial charge in [0.25, 0.3) is 0 Å². The quantitative estimate of drug-likeness (QED) is 0.736. The summed E-state index contributed by atoms with van der Waals surface area (Å²) >= 11 is 0. The first-order valence-electron chi connectivity index (χ1n) is 4.37. The lowest BCUT2D eigenvalue weighted by molar-refractivity contribution is -0.119. The molecule has 1 aromatic heterocycles. The van der Waals surface area contributed by atoms with Crippen LogP contribution in [0.3, 0.4) is 0 Å². The molecule has 0 aromatic carbocycles. The summed E-state index contributed by atoms with van der Waals surface area (Å²) in [6, 6.07) is 0. The van der Waals surface area contributed by atoms with Gasteiger partial charge in [-0.2, -0.15) is 5.10 Å². The first-order valence-corrected chi connectivity index (χ1v) is 4.37. The second kappa shape index (κ2) is 3.53.